The number of nitrogens with one attached hydrogen (secondary N) is 1. The fourth-order valence-electron chi connectivity index (χ4n) is 0.750. The molecule has 0 aliphatic rings. The molecule has 0 rings (SSSR count). The van der Waals surface area contributed by atoms with Crippen molar-refractivity contribution in [2.24, 2.45) is 0 Å². The Morgan fingerprint density at radius 1 is 0.727 bits per heavy atom. The Morgan fingerprint density at radius 2 is 0.909 bits per heavy atom. The Balaban J connectivity index is -0.000000140. The molecule has 2 heteroatoms. The van der Waals surface area contributed by atoms with Gasteiger partial charge in [0.15, 0.2) is 0 Å². The third-order valence-electron chi connectivity index (χ3n) is 1.50. The third kappa shape index (κ3) is 17.9. The van der Waals surface area contributed by atoms with Gasteiger partial charge in [0, 0.05) is 0 Å². The first-order valence-electron chi connectivity index (χ1n) is 4.60. The van der Waals surface area contributed by atoms with Crippen LogP contribution in [0, 0.1) is 0 Å². The van der Waals surface area contributed by atoms with E-state index in [1.54, 1.807) is 4.90 Å². The van der Waals surface area contributed by atoms with Crippen LogP contribution in [0.15, 0.2) is 0 Å². The Labute approximate surface area is 82.9 Å². The lowest BCUT2D eigenvalue weighted by atomic mass is 10.5. The molecule has 1 N–H and O–H groups in total. The fraction of sp³-hybridized carbons (Fsp3) is 1.00. The Morgan fingerprint density at radius 3 is 0.909 bits per heavy atom. The predicted molar refractivity (Wildman–Crippen MR) is 48.6 cm³/mol. The molecule has 0 aromatic carbocycles. The molecule has 0 atom stereocenters. The first kappa shape index (κ1) is 17.5. The van der Waals surface area contributed by atoms with E-state index in [0.717, 1.165) is 0 Å². The maximum absolute atomic E-state index is 2.22. The molecule has 0 radical (unpaired) electrons. The van der Waals surface area contributed by atoms with Gasteiger partial charge in [-0.15, -0.1) is 0 Å². The average molecular weight is 226 g/mol. The molecule has 0 heterocycles. The van der Waals surface area contributed by atoms with Crippen molar-refractivity contribution in [1.29, 1.82) is 0 Å². The van der Waals surface area contributed by atoms with Gasteiger partial charge in [-0.25, -0.2) is 0 Å². The SMILES string of the molecule is CCC.CC[NH+](CC)CC.[Br-]. The Kier molecular flexibility index (Phi) is 26.7. The van der Waals surface area contributed by atoms with E-state index in [4.69, 9.17) is 0 Å². The zero-order valence-electron chi connectivity index (χ0n) is 8.71. The molecular weight excluding hydrogens is 202 g/mol. The van der Waals surface area contributed by atoms with Crippen LogP contribution in [0.5, 0.6) is 0 Å². The second-order valence-corrected chi connectivity index (χ2v) is 2.52. The van der Waals surface area contributed by atoms with Gasteiger partial charge in [0.2, 0.25) is 0 Å². The lowest BCUT2D eigenvalue weighted by Gasteiger charge is -2.10. The number of hydrogen-bond donors (Lipinski definition) is 1. The van der Waals surface area contributed by atoms with Gasteiger partial charge in [-0.1, -0.05) is 20.3 Å². The molecule has 0 aromatic heterocycles. The lowest BCUT2D eigenvalue weighted by molar-refractivity contribution is -0.894. The van der Waals surface area contributed by atoms with Crippen LogP contribution in [0.1, 0.15) is 41.0 Å². The van der Waals surface area contributed by atoms with Gasteiger partial charge in [-0.2, -0.15) is 0 Å². The van der Waals surface area contributed by atoms with Gasteiger partial charge < -0.3 is 21.9 Å². The minimum atomic E-state index is 0. The highest BCUT2D eigenvalue weighted by atomic mass is 79.9. The van der Waals surface area contributed by atoms with E-state index in [2.05, 4.69) is 34.6 Å². The molecule has 0 aromatic rings. The smallest absolute Gasteiger partial charge is 0.0742 e. The van der Waals surface area contributed by atoms with Gasteiger partial charge >= 0.3 is 0 Å². The molecular formula is C9H24BrN. The van der Waals surface area contributed by atoms with E-state index in [1.807, 2.05) is 0 Å². The topological polar surface area (TPSA) is 4.44 Å². The first-order chi connectivity index (χ1) is 4.76. The normalized spacial score (nSPS) is 8.18. The quantitative estimate of drug-likeness (QED) is 0.588. The van der Waals surface area contributed by atoms with Gasteiger partial charge in [-0.05, 0) is 20.8 Å². The number of hydrogen-bond acceptors (Lipinski definition) is 0. The number of rotatable bonds is 3. The zero-order valence-corrected chi connectivity index (χ0v) is 10.3. The van der Waals surface area contributed by atoms with Crippen molar-refractivity contribution >= 4 is 0 Å². The van der Waals surface area contributed by atoms with Crippen LogP contribution in [0.2, 0.25) is 0 Å². The van der Waals surface area contributed by atoms with Crippen molar-refractivity contribution in [3.8, 4) is 0 Å². The van der Waals surface area contributed by atoms with Crippen molar-refractivity contribution in [3.05, 3.63) is 0 Å². The molecule has 0 fully saturated rings. The van der Waals surface area contributed by atoms with E-state index in [1.165, 1.54) is 26.1 Å². The summed E-state index contributed by atoms with van der Waals surface area (Å²) in [6.45, 7) is 14.7. The minimum absolute atomic E-state index is 0. The predicted octanol–water partition coefficient (Wildman–Crippen LogP) is -1.65. The second-order valence-electron chi connectivity index (χ2n) is 2.52. The summed E-state index contributed by atoms with van der Waals surface area (Å²) in [5.74, 6) is 0. The molecule has 0 bridgehead atoms. The Bertz CT molecular complexity index is 39.3. The van der Waals surface area contributed by atoms with E-state index < -0.39 is 0 Å². The molecule has 11 heavy (non-hydrogen) atoms. The van der Waals surface area contributed by atoms with E-state index >= 15 is 0 Å². The summed E-state index contributed by atoms with van der Waals surface area (Å²) in [5, 5.41) is 0. The maximum atomic E-state index is 2.22. The summed E-state index contributed by atoms with van der Waals surface area (Å²) in [6, 6.07) is 0. The van der Waals surface area contributed by atoms with Gasteiger partial charge in [0.05, 0.1) is 19.6 Å². The van der Waals surface area contributed by atoms with Crippen LogP contribution in [0.3, 0.4) is 0 Å². The summed E-state index contributed by atoms with van der Waals surface area (Å²) >= 11 is 0. The molecule has 0 aliphatic heterocycles. The number of quaternary nitrogens is 1. The first-order valence-corrected chi connectivity index (χ1v) is 4.60. The van der Waals surface area contributed by atoms with E-state index in [9.17, 15) is 0 Å². The van der Waals surface area contributed by atoms with Crippen LogP contribution < -0.4 is 21.9 Å². The van der Waals surface area contributed by atoms with Crippen LogP contribution in [0.25, 0.3) is 0 Å². The van der Waals surface area contributed by atoms with Crippen molar-refractivity contribution in [3.63, 3.8) is 0 Å². The van der Waals surface area contributed by atoms with E-state index in [-0.39, 0.29) is 17.0 Å². The molecule has 0 unspecified atom stereocenters. The highest BCUT2D eigenvalue weighted by Gasteiger charge is 1.92. The monoisotopic (exact) mass is 225 g/mol. The van der Waals surface area contributed by atoms with Crippen molar-refractivity contribution in [1.82, 2.24) is 0 Å². The average Bonchev–Trinajstić information content (AvgIpc) is 1.93. The van der Waals surface area contributed by atoms with E-state index in [0.29, 0.717) is 0 Å². The van der Waals surface area contributed by atoms with Gasteiger partial charge in [0.25, 0.3) is 0 Å². The minimum Gasteiger partial charge on any atom is -1.00 e. The van der Waals surface area contributed by atoms with Crippen LogP contribution in [-0.4, -0.2) is 19.6 Å². The largest absolute Gasteiger partial charge is 1.00 e. The second kappa shape index (κ2) is 16.8. The summed E-state index contributed by atoms with van der Waals surface area (Å²) < 4.78 is 0. The molecule has 0 spiro atoms. The van der Waals surface area contributed by atoms with Crippen LogP contribution in [-0.2, 0) is 0 Å². The van der Waals surface area contributed by atoms with Gasteiger partial charge in [-0.3, -0.25) is 0 Å². The molecule has 0 saturated heterocycles. The molecule has 0 amide bonds. The fourth-order valence-corrected chi connectivity index (χ4v) is 0.750. The molecule has 0 aliphatic carbocycles. The summed E-state index contributed by atoms with van der Waals surface area (Å²) in [7, 11) is 0. The van der Waals surface area contributed by atoms with Crippen molar-refractivity contribution in [2.75, 3.05) is 19.6 Å². The Hall–Kier alpha value is 0.440. The summed E-state index contributed by atoms with van der Waals surface area (Å²) in [6.07, 6.45) is 1.25. The number of halogens is 1. The van der Waals surface area contributed by atoms with Crippen molar-refractivity contribution in [2.45, 2.75) is 41.0 Å². The standard InChI is InChI=1S/C6H15N.C3H8.BrH/c1-4-7(5-2)6-3;1-3-2;/h4-6H2,1-3H3;3H2,1-2H3;1H. The maximum Gasteiger partial charge on any atom is 0.0742 e. The summed E-state index contributed by atoms with van der Waals surface area (Å²) in [5.41, 5.74) is 0. The molecule has 72 valence electrons. The lowest BCUT2D eigenvalue weighted by Crippen LogP contribution is -3.11. The van der Waals surface area contributed by atoms with Crippen LogP contribution >= 0.6 is 0 Å². The zero-order chi connectivity index (χ0) is 8.41. The molecule has 1 nitrogen and oxygen atoms in total. The third-order valence-corrected chi connectivity index (χ3v) is 1.50. The van der Waals surface area contributed by atoms with Crippen molar-refractivity contribution < 1.29 is 21.9 Å². The molecule has 0 saturated carbocycles. The highest BCUT2D eigenvalue weighted by molar-refractivity contribution is 4.11. The summed E-state index contributed by atoms with van der Waals surface area (Å²) in [4.78, 5) is 1.68. The van der Waals surface area contributed by atoms with Gasteiger partial charge in [0.1, 0.15) is 0 Å². The highest BCUT2D eigenvalue weighted by Crippen LogP contribution is 1.56. The van der Waals surface area contributed by atoms with Crippen LogP contribution in [0.4, 0.5) is 0 Å².